The fraction of sp³-hybridized carbons (Fsp3) is 0. The Balaban J connectivity index is 2.58. The fourth-order valence-electron chi connectivity index (χ4n) is 1.66. The molecule has 22 heavy (non-hydrogen) atoms. The molecular weight excluding hydrogens is 355 g/mol. The maximum Gasteiger partial charge on any atom is 0.331 e. The molecule has 2 rings (SSSR count). The minimum Gasteiger partial charge on any atom is -0.450 e. The van der Waals surface area contributed by atoms with Gasteiger partial charge in [-0.3, -0.25) is 10.1 Å². The molecule has 0 aliphatic carbocycles. The van der Waals surface area contributed by atoms with Gasteiger partial charge in [-0.05, 0) is 30.3 Å². The van der Waals surface area contributed by atoms with Crippen molar-refractivity contribution in [1.29, 1.82) is 0 Å². The zero-order chi connectivity index (χ0) is 16.5. The van der Waals surface area contributed by atoms with Crippen LogP contribution in [-0.4, -0.2) is 13.3 Å². The van der Waals surface area contributed by atoms with Gasteiger partial charge in [-0.15, -0.1) is 0 Å². The Labute approximate surface area is 135 Å². The molecule has 0 aromatic heterocycles. The highest BCUT2D eigenvalue weighted by Gasteiger charge is 2.28. The average molecular weight is 363 g/mol. The summed E-state index contributed by atoms with van der Waals surface area (Å²) in [6.45, 7) is 0. The standard InChI is InChI=1S/C12H8Cl2N2O5S/c13-7-2-1-3-8(6-7)21-9-4-5-10(22(15,19)20)11(14)12(9)16(17)18/h1-6H,(H2,15,19,20). The van der Waals surface area contributed by atoms with Crippen LogP contribution < -0.4 is 9.88 Å². The van der Waals surface area contributed by atoms with Crippen LogP contribution in [-0.2, 0) is 10.0 Å². The van der Waals surface area contributed by atoms with E-state index in [0.29, 0.717) is 5.02 Å². The summed E-state index contributed by atoms with van der Waals surface area (Å²) in [5, 5.41) is 15.9. The van der Waals surface area contributed by atoms with Crippen molar-refractivity contribution < 1.29 is 18.1 Å². The molecule has 0 fully saturated rings. The van der Waals surface area contributed by atoms with Crippen LogP contribution in [0.15, 0.2) is 41.3 Å². The number of nitrogens with zero attached hydrogens (tertiary/aromatic N) is 1. The summed E-state index contributed by atoms with van der Waals surface area (Å²) in [6.07, 6.45) is 0. The smallest absolute Gasteiger partial charge is 0.331 e. The number of ether oxygens (including phenoxy) is 1. The molecule has 0 bridgehead atoms. The van der Waals surface area contributed by atoms with Gasteiger partial charge in [0.05, 0.1) is 4.92 Å². The van der Waals surface area contributed by atoms with Crippen molar-refractivity contribution in [2.75, 3.05) is 0 Å². The second kappa shape index (κ2) is 6.09. The van der Waals surface area contributed by atoms with Crippen LogP contribution in [0.4, 0.5) is 5.69 Å². The molecule has 10 heteroatoms. The summed E-state index contributed by atoms with van der Waals surface area (Å²) in [4.78, 5) is 9.75. The minimum atomic E-state index is -4.20. The number of halogens is 2. The van der Waals surface area contributed by atoms with Gasteiger partial charge in [0.15, 0.2) is 0 Å². The van der Waals surface area contributed by atoms with E-state index in [9.17, 15) is 18.5 Å². The van der Waals surface area contributed by atoms with E-state index in [1.165, 1.54) is 12.1 Å². The van der Waals surface area contributed by atoms with Crippen LogP contribution in [0.5, 0.6) is 11.5 Å². The zero-order valence-corrected chi connectivity index (χ0v) is 13.0. The van der Waals surface area contributed by atoms with Crippen LogP contribution in [0.25, 0.3) is 0 Å². The summed E-state index contributed by atoms with van der Waals surface area (Å²) in [5.74, 6) is -0.000288. The molecular formula is C12H8Cl2N2O5S. The molecule has 0 amide bonds. The lowest BCUT2D eigenvalue weighted by Crippen LogP contribution is -2.13. The lowest BCUT2D eigenvalue weighted by Gasteiger charge is -2.09. The molecule has 2 N–H and O–H groups in total. The molecule has 116 valence electrons. The average Bonchev–Trinajstić information content (AvgIpc) is 2.36. The van der Waals surface area contributed by atoms with Gasteiger partial charge in [-0.2, -0.15) is 0 Å². The molecule has 0 saturated heterocycles. The Kier molecular flexibility index (Phi) is 4.57. The third-order valence-electron chi connectivity index (χ3n) is 2.56. The molecule has 0 saturated carbocycles. The molecule has 0 heterocycles. The second-order valence-corrected chi connectivity index (χ2v) is 6.43. The monoisotopic (exact) mass is 362 g/mol. The normalized spacial score (nSPS) is 11.2. The Bertz CT molecular complexity index is 855. The number of primary sulfonamides is 1. The number of rotatable bonds is 4. The van der Waals surface area contributed by atoms with Crippen LogP contribution in [0.2, 0.25) is 10.0 Å². The molecule has 0 aliphatic heterocycles. The summed E-state index contributed by atoms with van der Waals surface area (Å²) in [5.41, 5.74) is -0.701. The van der Waals surface area contributed by atoms with Crippen LogP contribution in [0.1, 0.15) is 0 Å². The second-order valence-electron chi connectivity index (χ2n) is 4.09. The lowest BCUT2D eigenvalue weighted by molar-refractivity contribution is -0.385. The van der Waals surface area contributed by atoms with E-state index in [4.69, 9.17) is 33.1 Å². The van der Waals surface area contributed by atoms with E-state index in [0.717, 1.165) is 12.1 Å². The molecule has 2 aromatic rings. The van der Waals surface area contributed by atoms with Crippen LogP contribution in [0.3, 0.4) is 0 Å². The van der Waals surface area contributed by atoms with E-state index in [1.807, 2.05) is 0 Å². The first-order chi connectivity index (χ1) is 10.2. The molecule has 7 nitrogen and oxygen atoms in total. The maximum absolute atomic E-state index is 11.4. The van der Waals surface area contributed by atoms with Crippen molar-refractivity contribution in [2.24, 2.45) is 5.14 Å². The van der Waals surface area contributed by atoms with Gasteiger partial charge in [0.25, 0.3) is 0 Å². The highest BCUT2D eigenvalue weighted by atomic mass is 35.5. The first-order valence-electron chi connectivity index (χ1n) is 5.63. The van der Waals surface area contributed by atoms with Crippen molar-refractivity contribution >= 4 is 38.9 Å². The van der Waals surface area contributed by atoms with Gasteiger partial charge in [0.2, 0.25) is 15.8 Å². The highest BCUT2D eigenvalue weighted by Crippen LogP contribution is 2.40. The third-order valence-corrected chi connectivity index (χ3v) is 4.24. The summed E-state index contributed by atoms with van der Waals surface area (Å²) >= 11 is 11.6. The quantitative estimate of drug-likeness (QED) is 0.661. The molecule has 0 unspecified atom stereocenters. The zero-order valence-electron chi connectivity index (χ0n) is 10.7. The Morgan fingerprint density at radius 2 is 1.86 bits per heavy atom. The summed E-state index contributed by atoms with van der Waals surface area (Å²) in [6, 6.07) is 8.28. The number of nitrogens with two attached hydrogens (primary N) is 1. The van der Waals surface area contributed by atoms with Gasteiger partial charge in [-0.25, -0.2) is 13.6 Å². The largest absolute Gasteiger partial charge is 0.450 e. The van der Waals surface area contributed by atoms with Gasteiger partial charge in [-0.1, -0.05) is 29.3 Å². The Morgan fingerprint density at radius 3 is 2.41 bits per heavy atom. The van der Waals surface area contributed by atoms with Crippen molar-refractivity contribution in [1.82, 2.24) is 0 Å². The van der Waals surface area contributed by atoms with Crippen molar-refractivity contribution in [2.45, 2.75) is 4.90 Å². The topological polar surface area (TPSA) is 113 Å². The Morgan fingerprint density at radius 1 is 1.18 bits per heavy atom. The number of nitro benzene ring substituents is 1. The number of hydrogen-bond donors (Lipinski definition) is 1. The number of benzene rings is 2. The van der Waals surface area contributed by atoms with Gasteiger partial charge in [0.1, 0.15) is 15.7 Å². The van der Waals surface area contributed by atoms with E-state index in [2.05, 4.69) is 0 Å². The number of hydrogen-bond acceptors (Lipinski definition) is 5. The summed E-state index contributed by atoms with van der Waals surface area (Å²) < 4.78 is 28.1. The molecule has 0 aliphatic rings. The first-order valence-corrected chi connectivity index (χ1v) is 7.93. The van der Waals surface area contributed by atoms with Gasteiger partial charge < -0.3 is 4.74 Å². The van der Waals surface area contributed by atoms with E-state index in [1.54, 1.807) is 12.1 Å². The van der Waals surface area contributed by atoms with Gasteiger partial charge >= 0.3 is 5.69 Å². The number of sulfonamides is 1. The SMILES string of the molecule is NS(=O)(=O)c1ccc(Oc2cccc(Cl)c2)c([N+](=O)[O-])c1Cl. The molecule has 0 radical (unpaired) electrons. The first kappa shape index (κ1) is 16.5. The summed E-state index contributed by atoms with van der Waals surface area (Å²) in [7, 11) is -4.20. The maximum atomic E-state index is 11.4. The van der Waals surface area contributed by atoms with Gasteiger partial charge in [0, 0.05) is 5.02 Å². The van der Waals surface area contributed by atoms with E-state index in [-0.39, 0.29) is 11.5 Å². The predicted molar refractivity (Wildman–Crippen MR) is 81.0 cm³/mol. The third kappa shape index (κ3) is 3.47. The lowest BCUT2D eigenvalue weighted by atomic mass is 10.3. The van der Waals surface area contributed by atoms with E-state index >= 15 is 0 Å². The van der Waals surface area contributed by atoms with Crippen molar-refractivity contribution in [3.8, 4) is 11.5 Å². The fourth-order valence-corrected chi connectivity index (χ4v) is 2.99. The predicted octanol–water partition coefficient (Wildman–Crippen LogP) is 3.34. The molecule has 0 spiro atoms. The number of nitro groups is 1. The minimum absolute atomic E-state index is 0.232. The highest BCUT2D eigenvalue weighted by molar-refractivity contribution is 7.89. The van der Waals surface area contributed by atoms with Crippen LogP contribution in [0, 0.1) is 10.1 Å². The van der Waals surface area contributed by atoms with Crippen molar-refractivity contribution in [3.63, 3.8) is 0 Å². The molecule has 0 atom stereocenters. The Hall–Kier alpha value is -1.87. The molecule has 2 aromatic carbocycles. The van der Waals surface area contributed by atoms with Crippen molar-refractivity contribution in [3.05, 3.63) is 56.6 Å². The van der Waals surface area contributed by atoms with Crippen LogP contribution >= 0.6 is 23.2 Å². The van der Waals surface area contributed by atoms with E-state index < -0.39 is 30.6 Å².